The first-order valence-electron chi connectivity index (χ1n) is 8.39. The Hall–Kier alpha value is -3.32. The van der Waals surface area contributed by atoms with Crippen LogP contribution in [0.5, 0.6) is 0 Å². The van der Waals surface area contributed by atoms with Gasteiger partial charge in [0.25, 0.3) is 0 Å². The van der Waals surface area contributed by atoms with Crippen molar-refractivity contribution < 1.29 is 13.2 Å². The first-order valence-corrected chi connectivity index (χ1v) is 8.39. The van der Waals surface area contributed by atoms with Crippen LogP contribution in [0.15, 0.2) is 90.5 Å². The second-order valence-corrected chi connectivity index (χ2v) is 6.00. The molecule has 4 heteroatoms. The van der Waals surface area contributed by atoms with E-state index in [0.717, 1.165) is 11.1 Å². The fourth-order valence-electron chi connectivity index (χ4n) is 2.99. The van der Waals surface area contributed by atoms with Gasteiger partial charge in [0.15, 0.2) is 0 Å². The molecular formula is C23H16F3N. The summed E-state index contributed by atoms with van der Waals surface area (Å²) < 4.78 is 41.0. The molecule has 0 aliphatic rings. The van der Waals surface area contributed by atoms with Crippen molar-refractivity contribution in [2.24, 2.45) is 0 Å². The van der Waals surface area contributed by atoms with Crippen LogP contribution in [0.4, 0.5) is 13.2 Å². The van der Waals surface area contributed by atoms with E-state index in [4.69, 9.17) is 5.26 Å². The summed E-state index contributed by atoms with van der Waals surface area (Å²) in [7, 11) is 0. The van der Waals surface area contributed by atoms with E-state index in [9.17, 15) is 13.2 Å². The summed E-state index contributed by atoms with van der Waals surface area (Å²) >= 11 is 0. The molecule has 3 rings (SSSR count). The lowest BCUT2D eigenvalue weighted by Crippen LogP contribution is -2.14. The third-order valence-corrected chi connectivity index (χ3v) is 4.24. The lowest BCUT2D eigenvalue weighted by molar-refractivity contribution is -0.0921. The van der Waals surface area contributed by atoms with Crippen LogP contribution in [-0.4, -0.2) is 6.18 Å². The maximum Gasteiger partial charge on any atom is 0.414 e. The SMILES string of the molecule is N#CC/C(=C(\c1ccccc1)c1ccc(-c2ccccc2)cc1)C(F)(F)F. The van der Waals surface area contributed by atoms with E-state index in [1.165, 1.54) is 0 Å². The summed E-state index contributed by atoms with van der Waals surface area (Å²) in [6, 6.07) is 26.6. The highest BCUT2D eigenvalue weighted by atomic mass is 19.4. The maximum absolute atomic E-state index is 13.7. The molecule has 0 atom stereocenters. The first kappa shape index (κ1) is 18.5. The zero-order valence-electron chi connectivity index (χ0n) is 14.4. The molecule has 0 spiro atoms. The Morgan fingerprint density at radius 2 is 1.19 bits per heavy atom. The topological polar surface area (TPSA) is 23.8 Å². The van der Waals surface area contributed by atoms with E-state index in [2.05, 4.69) is 0 Å². The first-order chi connectivity index (χ1) is 13.0. The van der Waals surface area contributed by atoms with Gasteiger partial charge in [-0.15, -0.1) is 0 Å². The second-order valence-electron chi connectivity index (χ2n) is 6.00. The number of hydrogen-bond donors (Lipinski definition) is 0. The van der Waals surface area contributed by atoms with E-state index in [1.54, 1.807) is 60.7 Å². The van der Waals surface area contributed by atoms with Gasteiger partial charge in [-0.25, -0.2) is 0 Å². The smallest absolute Gasteiger partial charge is 0.198 e. The van der Waals surface area contributed by atoms with Gasteiger partial charge in [-0.05, 0) is 27.8 Å². The molecule has 0 bridgehead atoms. The van der Waals surface area contributed by atoms with Crippen LogP contribution in [0.3, 0.4) is 0 Å². The average Bonchev–Trinajstić information content (AvgIpc) is 2.69. The quantitative estimate of drug-likeness (QED) is 0.510. The van der Waals surface area contributed by atoms with Gasteiger partial charge < -0.3 is 0 Å². The highest BCUT2D eigenvalue weighted by molar-refractivity contribution is 5.84. The van der Waals surface area contributed by atoms with Crippen molar-refractivity contribution in [3.8, 4) is 17.2 Å². The summed E-state index contributed by atoms with van der Waals surface area (Å²) in [4.78, 5) is 0. The van der Waals surface area contributed by atoms with Gasteiger partial charge >= 0.3 is 6.18 Å². The van der Waals surface area contributed by atoms with E-state index in [1.807, 2.05) is 30.3 Å². The third kappa shape index (κ3) is 4.27. The minimum Gasteiger partial charge on any atom is -0.198 e. The predicted octanol–water partition coefficient (Wildman–Crippen LogP) is 6.63. The molecule has 0 fully saturated rings. The van der Waals surface area contributed by atoms with Crippen molar-refractivity contribution in [1.29, 1.82) is 5.26 Å². The Balaban J connectivity index is 2.16. The molecule has 1 nitrogen and oxygen atoms in total. The molecule has 0 saturated heterocycles. The Morgan fingerprint density at radius 3 is 1.70 bits per heavy atom. The van der Waals surface area contributed by atoms with Gasteiger partial charge in [-0.3, -0.25) is 0 Å². The van der Waals surface area contributed by atoms with E-state index >= 15 is 0 Å². The molecule has 0 aliphatic carbocycles. The fraction of sp³-hybridized carbons (Fsp3) is 0.0870. The molecule has 0 saturated carbocycles. The summed E-state index contributed by atoms with van der Waals surface area (Å²) in [5, 5.41) is 8.95. The maximum atomic E-state index is 13.7. The fourth-order valence-corrected chi connectivity index (χ4v) is 2.99. The normalized spacial score (nSPS) is 12.2. The Morgan fingerprint density at radius 1 is 0.704 bits per heavy atom. The highest BCUT2D eigenvalue weighted by Crippen LogP contribution is 2.38. The van der Waals surface area contributed by atoms with Crippen LogP contribution in [0.1, 0.15) is 17.5 Å². The van der Waals surface area contributed by atoms with Crippen molar-refractivity contribution >= 4 is 5.57 Å². The van der Waals surface area contributed by atoms with E-state index < -0.39 is 18.2 Å². The van der Waals surface area contributed by atoms with Crippen molar-refractivity contribution in [3.63, 3.8) is 0 Å². The standard InChI is InChI=1S/C23H16F3N/c24-23(25,26)21(15-16-27)22(19-9-5-2-6-10-19)20-13-11-18(12-14-20)17-7-3-1-4-8-17/h1-14H,15H2/b22-21-. The molecular weight excluding hydrogens is 347 g/mol. The van der Waals surface area contributed by atoms with Crippen LogP contribution in [0.2, 0.25) is 0 Å². The number of nitrogens with zero attached hydrogens (tertiary/aromatic N) is 1. The second kappa shape index (κ2) is 7.92. The molecule has 0 aliphatic heterocycles. The molecule has 0 amide bonds. The molecule has 0 heterocycles. The predicted molar refractivity (Wildman–Crippen MR) is 101 cm³/mol. The zero-order chi connectivity index (χ0) is 19.3. The van der Waals surface area contributed by atoms with Crippen molar-refractivity contribution in [1.82, 2.24) is 0 Å². The number of alkyl halides is 3. The zero-order valence-corrected chi connectivity index (χ0v) is 14.4. The molecule has 3 aromatic carbocycles. The average molecular weight is 363 g/mol. The van der Waals surface area contributed by atoms with Gasteiger partial charge in [-0.1, -0.05) is 84.9 Å². The molecule has 0 radical (unpaired) electrons. The van der Waals surface area contributed by atoms with Gasteiger partial charge in [-0.2, -0.15) is 18.4 Å². The summed E-state index contributed by atoms with van der Waals surface area (Å²) in [5.41, 5.74) is 1.99. The summed E-state index contributed by atoms with van der Waals surface area (Å²) in [6.07, 6.45) is -5.28. The van der Waals surface area contributed by atoms with Crippen molar-refractivity contribution in [2.45, 2.75) is 12.6 Å². The van der Waals surface area contributed by atoms with E-state index in [-0.39, 0.29) is 5.57 Å². The summed E-state index contributed by atoms with van der Waals surface area (Å²) in [5.74, 6) is 0. The third-order valence-electron chi connectivity index (χ3n) is 4.24. The van der Waals surface area contributed by atoms with Crippen molar-refractivity contribution in [2.75, 3.05) is 0 Å². The lowest BCUT2D eigenvalue weighted by Gasteiger charge is -2.17. The molecule has 27 heavy (non-hydrogen) atoms. The molecule has 0 unspecified atom stereocenters. The van der Waals surface area contributed by atoms with Crippen LogP contribution in [0.25, 0.3) is 16.7 Å². The number of halogens is 3. The van der Waals surface area contributed by atoms with Crippen LogP contribution in [-0.2, 0) is 0 Å². The van der Waals surface area contributed by atoms with Gasteiger partial charge in [0, 0.05) is 0 Å². The minimum atomic E-state index is -4.58. The highest BCUT2D eigenvalue weighted by Gasteiger charge is 2.36. The Labute approximate surface area is 156 Å². The van der Waals surface area contributed by atoms with Gasteiger partial charge in [0.1, 0.15) is 0 Å². The number of allylic oxidation sites excluding steroid dienone is 1. The largest absolute Gasteiger partial charge is 0.414 e. The summed E-state index contributed by atoms with van der Waals surface area (Å²) in [6.45, 7) is 0. The van der Waals surface area contributed by atoms with Crippen LogP contribution in [0, 0.1) is 11.3 Å². The van der Waals surface area contributed by atoms with Gasteiger partial charge in [0.05, 0.1) is 18.1 Å². The lowest BCUT2D eigenvalue weighted by atomic mass is 9.90. The molecule has 3 aromatic rings. The molecule has 134 valence electrons. The monoisotopic (exact) mass is 363 g/mol. The van der Waals surface area contributed by atoms with Crippen LogP contribution < -0.4 is 0 Å². The number of nitriles is 1. The van der Waals surface area contributed by atoms with E-state index in [0.29, 0.717) is 11.1 Å². The van der Waals surface area contributed by atoms with Crippen LogP contribution >= 0.6 is 0 Å². The Bertz CT molecular complexity index is 964. The van der Waals surface area contributed by atoms with Crippen molar-refractivity contribution in [3.05, 3.63) is 102 Å². The molecule has 0 aromatic heterocycles. The minimum absolute atomic E-state index is 0.0456. The number of rotatable bonds is 4. The number of benzene rings is 3. The molecule has 0 N–H and O–H groups in total. The van der Waals surface area contributed by atoms with Gasteiger partial charge in [0.2, 0.25) is 0 Å². The number of hydrogen-bond acceptors (Lipinski definition) is 1. The Kier molecular flexibility index (Phi) is 5.42.